The molecule has 2 atom stereocenters. The van der Waals surface area contributed by atoms with E-state index in [4.69, 9.17) is 21.0 Å². The molecule has 0 bridgehead atoms. The zero-order valence-corrected chi connectivity index (χ0v) is 13.4. The molecule has 24 heavy (non-hydrogen) atoms. The number of hydrogen-bond acceptors (Lipinski definition) is 3. The number of carbonyl (C=O) groups is 1. The molecule has 5 heteroatoms. The number of benzene rings is 1. The lowest BCUT2D eigenvalue weighted by atomic mass is 9.93. The van der Waals surface area contributed by atoms with Gasteiger partial charge in [-0.05, 0) is 54.4 Å². The highest BCUT2D eigenvalue weighted by Crippen LogP contribution is 2.64. The van der Waals surface area contributed by atoms with E-state index in [9.17, 15) is 4.79 Å². The Hall–Kier alpha value is -2.59. The standard InChI is InChI=1S/C19H13ClN2O2/c20-11-6-7-15-12(9-11)19(18(23)22-15)10-13(19)14-3-1-4-16(21-14)17-5-2-8-24-17/h1-9,13H,10H2,(H,22,23)/t13-,19-/m1/s1. The molecule has 3 heterocycles. The molecule has 2 aromatic heterocycles. The Bertz CT molecular complexity index is 967. The monoisotopic (exact) mass is 336 g/mol. The van der Waals surface area contributed by atoms with Crippen LogP contribution in [0.25, 0.3) is 11.5 Å². The molecule has 1 N–H and O–H groups in total. The third-order valence-electron chi connectivity index (χ3n) is 4.98. The lowest BCUT2D eigenvalue weighted by Gasteiger charge is -2.09. The predicted octanol–water partition coefficient (Wildman–Crippen LogP) is 4.37. The number of nitrogens with zero attached hydrogens (tertiary/aromatic N) is 1. The number of rotatable bonds is 2. The molecule has 1 aromatic carbocycles. The summed E-state index contributed by atoms with van der Waals surface area (Å²) in [6, 6.07) is 15.1. The predicted molar refractivity (Wildman–Crippen MR) is 91.1 cm³/mol. The maximum absolute atomic E-state index is 12.6. The fraction of sp³-hybridized carbons (Fsp3) is 0.158. The van der Waals surface area contributed by atoms with Gasteiger partial charge >= 0.3 is 0 Å². The fourth-order valence-corrected chi connectivity index (χ4v) is 3.90. The quantitative estimate of drug-likeness (QED) is 0.756. The molecule has 118 valence electrons. The van der Waals surface area contributed by atoms with Crippen molar-refractivity contribution in [2.45, 2.75) is 17.8 Å². The average Bonchev–Trinajstić information content (AvgIpc) is 2.98. The minimum absolute atomic E-state index is 0.0370. The van der Waals surface area contributed by atoms with Gasteiger partial charge in [0.2, 0.25) is 5.91 Å². The van der Waals surface area contributed by atoms with Gasteiger partial charge in [-0.3, -0.25) is 4.79 Å². The average molecular weight is 337 g/mol. The summed E-state index contributed by atoms with van der Waals surface area (Å²) in [5.41, 5.74) is 3.00. The van der Waals surface area contributed by atoms with Gasteiger partial charge in [-0.15, -0.1) is 0 Å². The zero-order valence-electron chi connectivity index (χ0n) is 12.6. The first-order chi connectivity index (χ1) is 11.7. The highest BCUT2D eigenvalue weighted by Gasteiger charge is 2.65. The zero-order chi connectivity index (χ0) is 16.3. The van der Waals surface area contributed by atoms with E-state index >= 15 is 0 Å². The van der Waals surface area contributed by atoms with Crippen LogP contribution in [0.4, 0.5) is 5.69 Å². The number of hydrogen-bond donors (Lipinski definition) is 1. The first-order valence-electron chi connectivity index (χ1n) is 7.81. The number of halogens is 1. The number of aromatic nitrogens is 1. The smallest absolute Gasteiger partial charge is 0.235 e. The molecule has 1 spiro atoms. The Morgan fingerprint density at radius 3 is 2.96 bits per heavy atom. The van der Waals surface area contributed by atoms with Gasteiger partial charge in [0.15, 0.2) is 5.76 Å². The van der Waals surface area contributed by atoms with Crippen molar-refractivity contribution >= 4 is 23.2 Å². The van der Waals surface area contributed by atoms with Gasteiger partial charge in [0.25, 0.3) is 0 Å². The summed E-state index contributed by atoms with van der Waals surface area (Å²) in [4.78, 5) is 17.3. The third kappa shape index (κ3) is 1.80. The Balaban J connectivity index is 1.57. The first-order valence-corrected chi connectivity index (χ1v) is 8.18. The summed E-state index contributed by atoms with van der Waals surface area (Å²) in [7, 11) is 0. The molecule has 1 saturated carbocycles. The second-order valence-electron chi connectivity index (χ2n) is 6.30. The molecule has 0 saturated heterocycles. The van der Waals surface area contributed by atoms with Gasteiger partial charge in [-0.2, -0.15) is 0 Å². The summed E-state index contributed by atoms with van der Waals surface area (Å²) in [5.74, 6) is 0.827. The van der Waals surface area contributed by atoms with Crippen molar-refractivity contribution < 1.29 is 9.21 Å². The SMILES string of the molecule is O=C1Nc2ccc(Cl)cc2[C@@]12C[C@@H]2c1cccc(-c2ccco2)n1. The van der Waals surface area contributed by atoms with Gasteiger partial charge in [-0.25, -0.2) is 4.98 Å². The molecule has 1 aliphatic carbocycles. The lowest BCUT2D eigenvalue weighted by Crippen LogP contribution is -2.21. The van der Waals surface area contributed by atoms with Crippen molar-refractivity contribution in [3.05, 3.63) is 71.1 Å². The molecular formula is C19H13ClN2O2. The van der Waals surface area contributed by atoms with Crippen molar-refractivity contribution in [3.63, 3.8) is 0 Å². The van der Waals surface area contributed by atoms with Crippen molar-refractivity contribution in [1.29, 1.82) is 0 Å². The number of furan rings is 1. The van der Waals surface area contributed by atoms with Crippen LogP contribution in [0.15, 0.2) is 59.2 Å². The van der Waals surface area contributed by atoms with Crippen LogP contribution < -0.4 is 5.32 Å². The van der Waals surface area contributed by atoms with Crippen LogP contribution in [-0.2, 0) is 10.2 Å². The topological polar surface area (TPSA) is 55.1 Å². The van der Waals surface area contributed by atoms with Gasteiger partial charge < -0.3 is 9.73 Å². The second-order valence-corrected chi connectivity index (χ2v) is 6.73. The van der Waals surface area contributed by atoms with Gasteiger partial charge in [0.1, 0.15) is 5.69 Å². The molecule has 5 rings (SSSR count). The van der Waals surface area contributed by atoms with E-state index in [2.05, 4.69) is 5.32 Å². The van der Waals surface area contributed by atoms with E-state index < -0.39 is 5.41 Å². The molecule has 3 aromatic rings. The normalized spacial score (nSPS) is 24.0. The lowest BCUT2D eigenvalue weighted by molar-refractivity contribution is -0.118. The maximum atomic E-state index is 12.6. The number of anilines is 1. The summed E-state index contributed by atoms with van der Waals surface area (Å²) in [6.45, 7) is 0. The number of nitrogens with one attached hydrogen (secondary N) is 1. The van der Waals surface area contributed by atoms with Gasteiger partial charge in [0, 0.05) is 22.3 Å². The van der Waals surface area contributed by atoms with Crippen LogP contribution in [0.2, 0.25) is 5.02 Å². The number of pyridine rings is 1. The summed E-state index contributed by atoms with van der Waals surface area (Å²) in [5, 5.41) is 3.62. The summed E-state index contributed by atoms with van der Waals surface area (Å²) in [6.07, 6.45) is 2.38. The van der Waals surface area contributed by atoms with Crippen molar-refractivity contribution in [3.8, 4) is 11.5 Å². The Morgan fingerprint density at radius 1 is 1.21 bits per heavy atom. The third-order valence-corrected chi connectivity index (χ3v) is 5.21. The van der Waals surface area contributed by atoms with E-state index in [0.29, 0.717) is 5.02 Å². The molecular weight excluding hydrogens is 324 g/mol. The largest absolute Gasteiger partial charge is 0.463 e. The number of fused-ring (bicyclic) bond motifs is 2. The minimum atomic E-state index is -0.533. The summed E-state index contributed by atoms with van der Waals surface area (Å²) >= 11 is 6.15. The number of amides is 1. The molecule has 2 aliphatic rings. The van der Waals surface area contributed by atoms with Crippen molar-refractivity contribution in [2.75, 3.05) is 5.32 Å². The van der Waals surface area contributed by atoms with Crippen LogP contribution in [0, 0.1) is 0 Å². The van der Waals surface area contributed by atoms with E-state index in [0.717, 1.165) is 34.8 Å². The van der Waals surface area contributed by atoms with E-state index in [1.165, 1.54) is 0 Å². The highest BCUT2D eigenvalue weighted by atomic mass is 35.5. The first kappa shape index (κ1) is 13.8. The van der Waals surface area contributed by atoms with Gasteiger partial charge in [0.05, 0.1) is 11.7 Å². The van der Waals surface area contributed by atoms with Gasteiger partial charge in [-0.1, -0.05) is 17.7 Å². The van der Waals surface area contributed by atoms with E-state index in [-0.39, 0.29) is 11.8 Å². The Labute approximate surface area is 143 Å². The molecule has 1 amide bonds. The van der Waals surface area contributed by atoms with E-state index in [1.807, 2.05) is 42.5 Å². The second kappa shape index (κ2) is 4.71. The van der Waals surface area contributed by atoms with E-state index in [1.54, 1.807) is 12.3 Å². The molecule has 4 nitrogen and oxygen atoms in total. The molecule has 0 radical (unpaired) electrons. The Morgan fingerprint density at radius 2 is 2.12 bits per heavy atom. The van der Waals surface area contributed by atoms with Crippen LogP contribution in [0.3, 0.4) is 0 Å². The maximum Gasteiger partial charge on any atom is 0.235 e. The van der Waals surface area contributed by atoms with Crippen LogP contribution in [0.1, 0.15) is 23.6 Å². The molecule has 1 fully saturated rings. The highest BCUT2D eigenvalue weighted by molar-refractivity contribution is 6.31. The number of carbonyl (C=O) groups excluding carboxylic acids is 1. The summed E-state index contributed by atoms with van der Waals surface area (Å²) < 4.78 is 5.43. The van der Waals surface area contributed by atoms with Crippen LogP contribution in [0.5, 0.6) is 0 Å². The molecule has 0 unspecified atom stereocenters. The minimum Gasteiger partial charge on any atom is -0.463 e. The van der Waals surface area contributed by atoms with Crippen molar-refractivity contribution in [1.82, 2.24) is 4.98 Å². The molecule has 1 aliphatic heterocycles. The van der Waals surface area contributed by atoms with Crippen LogP contribution >= 0.6 is 11.6 Å². The fourth-order valence-electron chi connectivity index (χ4n) is 3.73. The Kier molecular flexibility index (Phi) is 2.71. The van der Waals surface area contributed by atoms with Crippen LogP contribution in [-0.4, -0.2) is 10.9 Å². The van der Waals surface area contributed by atoms with Crippen molar-refractivity contribution in [2.24, 2.45) is 0 Å².